The summed E-state index contributed by atoms with van der Waals surface area (Å²) < 4.78 is 9.70. The van der Waals surface area contributed by atoms with E-state index in [0.29, 0.717) is 12.1 Å². The number of nitrogens with one attached hydrogen (secondary N) is 1. The molecule has 0 radical (unpaired) electrons. The number of rotatable bonds is 6. The van der Waals surface area contributed by atoms with Gasteiger partial charge in [0.25, 0.3) is 0 Å². The van der Waals surface area contributed by atoms with E-state index in [2.05, 4.69) is 15.0 Å². The first-order chi connectivity index (χ1) is 8.17. The highest BCUT2D eigenvalue weighted by atomic mass is 16.5. The Morgan fingerprint density at radius 2 is 2.24 bits per heavy atom. The molecule has 1 N–H and O–H groups in total. The molecule has 17 heavy (non-hydrogen) atoms. The number of esters is 1. The topological polar surface area (TPSA) is 60.5 Å². The summed E-state index contributed by atoms with van der Waals surface area (Å²) in [5.41, 5.74) is 1.34. The van der Waals surface area contributed by atoms with Crippen molar-refractivity contribution in [3.8, 4) is 0 Å². The molecule has 1 aromatic heterocycles. The van der Waals surface area contributed by atoms with Crippen LogP contribution >= 0.6 is 0 Å². The van der Waals surface area contributed by atoms with Crippen LogP contribution < -0.4 is 5.32 Å². The molecule has 0 aliphatic rings. The fourth-order valence-corrected chi connectivity index (χ4v) is 1.25. The lowest BCUT2D eigenvalue weighted by Gasteiger charge is -2.10. The summed E-state index contributed by atoms with van der Waals surface area (Å²) in [6, 6.07) is 3.51. The molecule has 1 unspecified atom stereocenters. The molecule has 5 heteroatoms. The van der Waals surface area contributed by atoms with Crippen LogP contribution in [0.1, 0.15) is 23.0 Å². The van der Waals surface area contributed by atoms with Crippen molar-refractivity contribution in [2.24, 2.45) is 0 Å². The Kier molecular flexibility index (Phi) is 5.59. The Morgan fingerprint density at radius 3 is 2.76 bits per heavy atom. The van der Waals surface area contributed by atoms with Crippen molar-refractivity contribution in [2.45, 2.75) is 19.6 Å². The highest BCUT2D eigenvalue weighted by molar-refractivity contribution is 5.88. The van der Waals surface area contributed by atoms with Gasteiger partial charge in [-0.15, -0.1) is 0 Å². The summed E-state index contributed by atoms with van der Waals surface area (Å²) >= 11 is 0. The normalized spacial score (nSPS) is 12.2. The second-order valence-corrected chi connectivity index (χ2v) is 3.71. The molecule has 0 bridgehead atoms. The van der Waals surface area contributed by atoms with Crippen molar-refractivity contribution in [2.75, 3.05) is 20.8 Å². The number of methoxy groups -OCH3 is 2. The third-order valence-corrected chi connectivity index (χ3v) is 2.39. The van der Waals surface area contributed by atoms with Gasteiger partial charge in [0, 0.05) is 26.4 Å². The van der Waals surface area contributed by atoms with Crippen LogP contribution in [0.4, 0.5) is 0 Å². The molecule has 0 aromatic carbocycles. The van der Waals surface area contributed by atoms with Gasteiger partial charge in [-0.05, 0) is 19.1 Å². The van der Waals surface area contributed by atoms with Crippen LogP contribution in [0.5, 0.6) is 0 Å². The van der Waals surface area contributed by atoms with E-state index in [4.69, 9.17) is 4.74 Å². The number of carbonyl (C=O) groups is 1. The van der Waals surface area contributed by atoms with Crippen molar-refractivity contribution in [1.82, 2.24) is 10.3 Å². The summed E-state index contributed by atoms with van der Waals surface area (Å²) in [6.07, 6.45) is 1.69. The molecule has 1 aromatic rings. The minimum absolute atomic E-state index is 0.171. The lowest BCUT2D eigenvalue weighted by molar-refractivity contribution is 0.0600. The number of ether oxygens (including phenoxy) is 2. The summed E-state index contributed by atoms with van der Waals surface area (Å²) in [6.45, 7) is 3.40. The summed E-state index contributed by atoms with van der Waals surface area (Å²) in [5.74, 6) is -0.370. The summed E-state index contributed by atoms with van der Waals surface area (Å²) in [4.78, 5) is 15.3. The fourth-order valence-electron chi connectivity index (χ4n) is 1.25. The van der Waals surface area contributed by atoms with Crippen LogP contribution in [-0.2, 0) is 16.0 Å². The Hall–Kier alpha value is -1.46. The van der Waals surface area contributed by atoms with Gasteiger partial charge >= 0.3 is 5.97 Å². The van der Waals surface area contributed by atoms with Crippen LogP contribution in [0.2, 0.25) is 0 Å². The lowest BCUT2D eigenvalue weighted by Crippen LogP contribution is -2.25. The summed E-state index contributed by atoms with van der Waals surface area (Å²) in [7, 11) is 3.03. The monoisotopic (exact) mass is 238 g/mol. The minimum atomic E-state index is -0.370. The third-order valence-electron chi connectivity index (χ3n) is 2.39. The highest BCUT2D eigenvalue weighted by Crippen LogP contribution is 2.01. The van der Waals surface area contributed by atoms with E-state index in [-0.39, 0.29) is 12.1 Å². The van der Waals surface area contributed by atoms with Gasteiger partial charge in [-0.25, -0.2) is 4.79 Å². The van der Waals surface area contributed by atoms with Crippen molar-refractivity contribution >= 4 is 5.97 Å². The average Bonchev–Trinajstić information content (AvgIpc) is 2.38. The number of aromatic nitrogens is 1. The molecule has 1 atom stereocenters. The van der Waals surface area contributed by atoms with E-state index < -0.39 is 0 Å². The maximum absolute atomic E-state index is 11.2. The predicted octanol–water partition coefficient (Wildman–Crippen LogP) is 0.993. The van der Waals surface area contributed by atoms with Crippen LogP contribution in [0.3, 0.4) is 0 Å². The maximum Gasteiger partial charge on any atom is 0.339 e. The van der Waals surface area contributed by atoms with Crippen LogP contribution in [0, 0.1) is 0 Å². The predicted molar refractivity (Wildman–Crippen MR) is 63.8 cm³/mol. The van der Waals surface area contributed by atoms with Crippen molar-refractivity contribution in [1.29, 1.82) is 0 Å². The van der Waals surface area contributed by atoms with Gasteiger partial charge in [0.15, 0.2) is 0 Å². The molecule has 0 saturated heterocycles. The van der Waals surface area contributed by atoms with E-state index >= 15 is 0 Å². The highest BCUT2D eigenvalue weighted by Gasteiger charge is 2.05. The molecular weight excluding hydrogens is 220 g/mol. The van der Waals surface area contributed by atoms with Gasteiger partial charge in [-0.1, -0.05) is 0 Å². The molecule has 1 heterocycles. The largest absolute Gasteiger partial charge is 0.465 e. The fraction of sp³-hybridized carbons (Fsp3) is 0.500. The molecule has 0 aliphatic carbocycles. The minimum Gasteiger partial charge on any atom is -0.465 e. The van der Waals surface area contributed by atoms with Gasteiger partial charge in [-0.3, -0.25) is 4.98 Å². The first kappa shape index (κ1) is 13.6. The van der Waals surface area contributed by atoms with Gasteiger partial charge < -0.3 is 14.8 Å². The molecule has 0 aliphatic heterocycles. The molecule has 0 amide bonds. The zero-order valence-corrected chi connectivity index (χ0v) is 10.4. The maximum atomic E-state index is 11.2. The third kappa shape index (κ3) is 4.50. The Labute approximate surface area is 101 Å². The zero-order valence-electron chi connectivity index (χ0n) is 10.4. The van der Waals surface area contributed by atoms with Crippen molar-refractivity contribution < 1.29 is 14.3 Å². The zero-order chi connectivity index (χ0) is 12.7. The molecular formula is C12H18N2O3. The van der Waals surface area contributed by atoms with E-state index in [1.807, 2.05) is 6.92 Å². The molecule has 5 nitrogen and oxygen atoms in total. The van der Waals surface area contributed by atoms with E-state index in [0.717, 1.165) is 12.2 Å². The van der Waals surface area contributed by atoms with Crippen LogP contribution in [0.25, 0.3) is 0 Å². The first-order valence-corrected chi connectivity index (χ1v) is 5.44. The lowest BCUT2D eigenvalue weighted by atomic mass is 10.2. The second kappa shape index (κ2) is 6.98. The average molecular weight is 238 g/mol. The van der Waals surface area contributed by atoms with Crippen LogP contribution in [0.15, 0.2) is 18.3 Å². The SMILES string of the molecule is COC(=O)c1ccc(CNCC(C)OC)nc1. The van der Waals surface area contributed by atoms with E-state index in [1.165, 1.54) is 13.3 Å². The number of pyridine rings is 1. The molecule has 0 spiro atoms. The molecule has 0 fully saturated rings. The van der Waals surface area contributed by atoms with E-state index in [9.17, 15) is 4.79 Å². The van der Waals surface area contributed by atoms with Gasteiger partial charge in [-0.2, -0.15) is 0 Å². The molecule has 0 saturated carbocycles. The quantitative estimate of drug-likeness (QED) is 0.749. The second-order valence-electron chi connectivity index (χ2n) is 3.71. The Balaban J connectivity index is 2.43. The summed E-state index contributed by atoms with van der Waals surface area (Å²) in [5, 5.41) is 3.21. The molecule has 94 valence electrons. The Morgan fingerprint density at radius 1 is 1.47 bits per heavy atom. The first-order valence-electron chi connectivity index (χ1n) is 5.44. The van der Waals surface area contributed by atoms with Gasteiger partial charge in [0.05, 0.1) is 24.5 Å². The van der Waals surface area contributed by atoms with Gasteiger partial charge in [0.1, 0.15) is 0 Å². The standard InChI is InChI=1S/C12H18N2O3/c1-9(16-2)6-13-8-11-5-4-10(7-14-11)12(15)17-3/h4-5,7,9,13H,6,8H2,1-3H3. The number of nitrogens with zero attached hydrogens (tertiary/aromatic N) is 1. The smallest absolute Gasteiger partial charge is 0.339 e. The number of hydrogen-bond acceptors (Lipinski definition) is 5. The van der Waals surface area contributed by atoms with Crippen LogP contribution in [-0.4, -0.2) is 37.8 Å². The number of hydrogen-bond donors (Lipinski definition) is 1. The van der Waals surface area contributed by atoms with Crippen molar-refractivity contribution in [3.63, 3.8) is 0 Å². The van der Waals surface area contributed by atoms with Gasteiger partial charge in [0.2, 0.25) is 0 Å². The number of carbonyl (C=O) groups excluding carboxylic acids is 1. The Bertz CT molecular complexity index is 351. The van der Waals surface area contributed by atoms with Crippen molar-refractivity contribution in [3.05, 3.63) is 29.6 Å². The molecule has 1 rings (SSSR count). The van der Waals surface area contributed by atoms with E-state index in [1.54, 1.807) is 19.2 Å².